The zero-order valence-corrected chi connectivity index (χ0v) is 13.6. The average Bonchev–Trinajstić information content (AvgIpc) is 2.47. The van der Waals surface area contributed by atoms with Gasteiger partial charge in [-0.3, -0.25) is 11.3 Å². The van der Waals surface area contributed by atoms with Gasteiger partial charge in [0.05, 0.1) is 6.04 Å². The average molecular weight is 324 g/mol. The molecule has 0 saturated carbocycles. The van der Waals surface area contributed by atoms with Crippen LogP contribution in [0.1, 0.15) is 17.2 Å². The summed E-state index contributed by atoms with van der Waals surface area (Å²) in [7, 11) is 4.02. The van der Waals surface area contributed by atoms with Gasteiger partial charge in [-0.2, -0.15) is 0 Å². The van der Waals surface area contributed by atoms with Crippen molar-refractivity contribution in [2.75, 3.05) is 19.0 Å². The van der Waals surface area contributed by atoms with E-state index >= 15 is 0 Å². The molecular weight excluding hydrogens is 305 g/mol. The maximum Gasteiger partial charge on any atom is 0.0501 e. The Morgan fingerprint density at radius 3 is 2.10 bits per heavy atom. The minimum Gasteiger partial charge on any atom is -0.378 e. The summed E-state index contributed by atoms with van der Waals surface area (Å²) in [6, 6.07) is 13.7. The summed E-state index contributed by atoms with van der Waals surface area (Å²) in [5.74, 6) is 5.70. The standard InChI is InChI=1S/C16H19Cl2N3/c1-21(2)12-8-6-11(7-9-12)16(20-19)10-13-14(17)4-3-5-15(13)18/h3-9,16,20H,10,19H2,1-2H3. The first kappa shape index (κ1) is 16.1. The molecule has 2 aromatic carbocycles. The van der Waals surface area contributed by atoms with Crippen molar-refractivity contribution in [1.29, 1.82) is 0 Å². The maximum absolute atomic E-state index is 6.23. The molecule has 5 heteroatoms. The van der Waals surface area contributed by atoms with Crippen molar-refractivity contribution >= 4 is 28.9 Å². The second-order valence-electron chi connectivity index (χ2n) is 5.11. The number of nitrogens with one attached hydrogen (secondary N) is 1. The van der Waals surface area contributed by atoms with Crippen LogP contribution >= 0.6 is 23.2 Å². The van der Waals surface area contributed by atoms with Gasteiger partial charge in [-0.05, 0) is 41.8 Å². The summed E-state index contributed by atoms with van der Waals surface area (Å²) in [6.45, 7) is 0. The number of nitrogens with zero attached hydrogens (tertiary/aromatic N) is 1. The molecule has 0 saturated heterocycles. The lowest BCUT2D eigenvalue weighted by molar-refractivity contribution is 0.552. The van der Waals surface area contributed by atoms with E-state index in [4.69, 9.17) is 29.0 Å². The van der Waals surface area contributed by atoms with Gasteiger partial charge in [0, 0.05) is 29.8 Å². The van der Waals surface area contributed by atoms with E-state index in [1.165, 1.54) is 0 Å². The summed E-state index contributed by atoms with van der Waals surface area (Å²) in [5, 5.41) is 1.32. The van der Waals surface area contributed by atoms with E-state index in [-0.39, 0.29) is 6.04 Å². The van der Waals surface area contributed by atoms with Gasteiger partial charge in [0.2, 0.25) is 0 Å². The van der Waals surface area contributed by atoms with E-state index in [1.807, 2.05) is 32.3 Å². The Labute approximate surface area is 135 Å². The molecule has 0 heterocycles. The third-order valence-corrected chi connectivity index (χ3v) is 4.19. The fourth-order valence-corrected chi connectivity index (χ4v) is 2.76. The molecule has 0 aromatic heterocycles. The SMILES string of the molecule is CN(C)c1ccc(C(Cc2c(Cl)cccc2Cl)NN)cc1. The Hall–Kier alpha value is -1.26. The second-order valence-corrected chi connectivity index (χ2v) is 5.92. The molecular formula is C16H19Cl2N3. The first-order valence-electron chi connectivity index (χ1n) is 6.69. The van der Waals surface area contributed by atoms with Gasteiger partial charge in [0.25, 0.3) is 0 Å². The molecule has 0 bridgehead atoms. The largest absolute Gasteiger partial charge is 0.378 e. The van der Waals surface area contributed by atoms with Crippen LogP contribution in [0.15, 0.2) is 42.5 Å². The fraction of sp³-hybridized carbons (Fsp3) is 0.250. The van der Waals surface area contributed by atoms with Gasteiger partial charge in [-0.15, -0.1) is 0 Å². The summed E-state index contributed by atoms with van der Waals surface area (Å²) in [5.41, 5.74) is 5.98. The molecule has 2 aromatic rings. The molecule has 0 amide bonds. The number of benzene rings is 2. The molecule has 1 unspecified atom stereocenters. The van der Waals surface area contributed by atoms with Crippen LogP contribution in [0.5, 0.6) is 0 Å². The molecule has 1 atom stereocenters. The minimum atomic E-state index is -0.0430. The van der Waals surface area contributed by atoms with Gasteiger partial charge in [-0.1, -0.05) is 41.4 Å². The smallest absolute Gasteiger partial charge is 0.0501 e. The van der Waals surface area contributed by atoms with Crippen molar-refractivity contribution in [2.24, 2.45) is 5.84 Å². The lowest BCUT2D eigenvalue weighted by Crippen LogP contribution is -2.29. The predicted octanol–water partition coefficient (Wildman–Crippen LogP) is 3.81. The summed E-state index contributed by atoms with van der Waals surface area (Å²) in [4.78, 5) is 2.06. The number of hydrogen-bond acceptors (Lipinski definition) is 3. The number of hydrazine groups is 1. The van der Waals surface area contributed by atoms with Gasteiger partial charge in [-0.25, -0.2) is 0 Å². The van der Waals surface area contributed by atoms with Gasteiger partial charge >= 0.3 is 0 Å². The Bertz CT molecular complexity index is 577. The van der Waals surface area contributed by atoms with Gasteiger partial charge in [0.1, 0.15) is 0 Å². The predicted molar refractivity (Wildman–Crippen MR) is 91.0 cm³/mol. The molecule has 3 N–H and O–H groups in total. The van der Waals surface area contributed by atoms with Gasteiger partial charge < -0.3 is 4.90 Å². The van der Waals surface area contributed by atoms with Crippen molar-refractivity contribution in [3.8, 4) is 0 Å². The summed E-state index contributed by atoms with van der Waals surface area (Å²) >= 11 is 12.5. The third kappa shape index (κ3) is 3.89. The number of anilines is 1. The molecule has 112 valence electrons. The molecule has 21 heavy (non-hydrogen) atoms. The highest BCUT2D eigenvalue weighted by Gasteiger charge is 2.15. The Morgan fingerprint density at radius 1 is 1.05 bits per heavy atom. The van der Waals surface area contributed by atoms with E-state index in [1.54, 1.807) is 0 Å². The molecule has 2 rings (SSSR count). The highest BCUT2D eigenvalue weighted by molar-refractivity contribution is 6.36. The molecule has 0 spiro atoms. The van der Waals surface area contributed by atoms with Crippen LogP contribution in [0.2, 0.25) is 10.0 Å². The zero-order valence-electron chi connectivity index (χ0n) is 12.1. The second kappa shape index (κ2) is 7.14. The number of hydrogen-bond donors (Lipinski definition) is 2. The molecule has 0 aliphatic carbocycles. The van der Waals surface area contributed by atoms with E-state index in [9.17, 15) is 0 Å². The normalized spacial score (nSPS) is 12.2. The van der Waals surface area contributed by atoms with Crippen molar-refractivity contribution in [2.45, 2.75) is 12.5 Å². The Morgan fingerprint density at radius 2 is 1.62 bits per heavy atom. The number of nitrogens with two attached hydrogens (primary N) is 1. The third-order valence-electron chi connectivity index (χ3n) is 3.48. The molecule has 0 radical (unpaired) electrons. The first-order valence-corrected chi connectivity index (χ1v) is 7.45. The number of halogens is 2. The van der Waals surface area contributed by atoms with Crippen molar-refractivity contribution in [1.82, 2.24) is 5.43 Å². The van der Waals surface area contributed by atoms with Crippen LogP contribution < -0.4 is 16.2 Å². The van der Waals surface area contributed by atoms with Crippen LogP contribution in [-0.2, 0) is 6.42 Å². The lowest BCUT2D eigenvalue weighted by Gasteiger charge is -2.19. The lowest BCUT2D eigenvalue weighted by atomic mass is 9.99. The van der Waals surface area contributed by atoms with Crippen LogP contribution in [-0.4, -0.2) is 14.1 Å². The van der Waals surface area contributed by atoms with E-state index in [0.717, 1.165) is 16.8 Å². The maximum atomic E-state index is 6.23. The molecule has 0 aliphatic rings. The Kier molecular flexibility index (Phi) is 5.48. The van der Waals surface area contributed by atoms with Crippen molar-refractivity contribution in [3.05, 3.63) is 63.6 Å². The van der Waals surface area contributed by atoms with E-state index in [2.05, 4.69) is 34.6 Å². The quantitative estimate of drug-likeness (QED) is 0.649. The van der Waals surface area contributed by atoms with Crippen molar-refractivity contribution in [3.63, 3.8) is 0 Å². The summed E-state index contributed by atoms with van der Waals surface area (Å²) < 4.78 is 0. The van der Waals surface area contributed by atoms with Crippen LogP contribution in [0.4, 0.5) is 5.69 Å². The first-order chi connectivity index (χ1) is 10.0. The highest BCUT2D eigenvalue weighted by Crippen LogP contribution is 2.29. The fourth-order valence-electron chi connectivity index (χ4n) is 2.21. The summed E-state index contributed by atoms with van der Waals surface area (Å²) in [6.07, 6.45) is 0.635. The van der Waals surface area contributed by atoms with Gasteiger partial charge in [0.15, 0.2) is 0 Å². The Balaban J connectivity index is 2.24. The zero-order chi connectivity index (χ0) is 15.4. The number of rotatable bonds is 5. The van der Waals surface area contributed by atoms with E-state index < -0.39 is 0 Å². The monoisotopic (exact) mass is 323 g/mol. The minimum absolute atomic E-state index is 0.0430. The molecule has 0 fully saturated rings. The molecule has 0 aliphatic heterocycles. The van der Waals surface area contributed by atoms with Crippen LogP contribution in [0.25, 0.3) is 0 Å². The highest BCUT2D eigenvalue weighted by atomic mass is 35.5. The van der Waals surface area contributed by atoms with E-state index in [0.29, 0.717) is 16.5 Å². The van der Waals surface area contributed by atoms with Crippen LogP contribution in [0.3, 0.4) is 0 Å². The molecule has 3 nitrogen and oxygen atoms in total. The topological polar surface area (TPSA) is 41.3 Å². The van der Waals surface area contributed by atoms with Crippen LogP contribution in [0, 0.1) is 0 Å². The van der Waals surface area contributed by atoms with Crippen molar-refractivity contribution < 1.29 is 0 Å².